The van der Waals surface area contributed by atoms with Gasteiger partial charge in [0.25, 0.3) is 0 Å². The maximum atomic E-state index is 10.6. The normalized spacial score (nSPS) is 11.3. The monoisotopic (exact) mass is 162 g/mol. The fourth-order valence-electron chi connectivity index (χ4n) is 0.407. The fourth-order valence-corrected chi connectivity index (χ4v) is 0.496. The van der Waals surface area contributed by atoms with E-state index < -0.39 is 0 Å². The Bertz CT molecular complexity index is 137. The van der Waals surface area contributed by atoms with Gasteiger partial charge >= 0.3 is 5.97 Å². The Labute approximate surface area is 65.8 Å². The van der Waals surface area contributed by atoms with Crippen LogP contribution in [0.4, 0.5) is 0 Å². The molecular formula is C7H11ClO2. The van der Waals surface area contributed by atoms with E-state index in [-0.39, 0.29) is 5.97 Å². The molecule has 0 atom stereocenters. The van der Waals surface area contributed by atoms with Crippen molar-refractivity contribution in [3.8, 4) is 0 Å². The van der Waals surface area contributed by atoms with Gasteiger partial charge in [-0.15, -0.1) is 0 Å². The molecule has 0 spiro atoms. The smallest absolute Gasteiger partial charge is 0.331 e. The first-order valence-electron chi connectivity index (χ1n) is 3.17. The zero-order valence-corrected chi connectivity index (χ0v) is 6.94. The van der Waals surface area contributed by atoms with Crippen molar-refractivity contribution >= 4 is 17.6 Å². The first-order chi connectivity index (χ1) is 4.66. The Morgan fingerprint density at radius 1 is 1.70 bits per heavy atom. The third-order valence-corrected chi connectivity index (χ3v) is 0.874. The number of rotatable bonds is 3. The van der Waals surface area contributed by atoms with E-state index in [4.69, 9.17) is 16.3 Å². The number of allylic oxidation sites excluding steroid dienone is 1. The van der Waals surface area contributed by atoms with E-state index in [2.05, 4.69) is 0 Å². The van der Waals surface area contributed by atoms with Crippen molar-refractivity contribution in [2.24, 2.45) is 0 Å². The third kappa shape index (κ3) is 5.63. The van der Waals surface area contributed by atoms with Gasteiger partial charge in [0.05, 0.1) is 6.61 Å². The van der Waals surface area contributed by atoms with Crippen molar-refractivity contribution < 1.29 is 9.53 Å². The molecule has 0 radical (unpaired) electrons. The highest BCUT2D eigenvalue weighted by Crippen LogP contribution is 1.98. The Morgan fingerprint density at radius 3 is 2.70 bits per heavy atom. The zero-order valence-electron chi connectivity index (χ0n) is 6.19. The number of halogens is 1. The highest BCUT2D eigenvalue weighted by molar-refractivity contribution is 6.30. The van der Waals surface area contributed by atoms with Gasteiger partial charge in [-0.2, -0.15) is 0 Å². The second kappa shape index (κ2) is 5.30. The Morgan fingerprint density at radius 2 is 2.30 bits per heavy atom. The van der Waals surface area contributed by atoms with Crippen LogP contribution in [0.2, 0.25) is 0 Å². The summed E-state index contributed by atoms with van der Waals surface area (Å²) in [4.78, 5) is 10.6. The van der Waals surface area contributed by atoms with E-state index >= 15 is 0 Å². The standard InChI is InChI=1S/C7H11ClO2/c1-3-4-10-7(9)5-6(2)8/h5H,3-4H2,1-2H3/b6-5-. The summed E-state index contributed by atoms with van der Waals surface area (Å²) in [5.41, 5.74) is 0. The number of carbonyl (C=O) groups is 1. The van der Waals surface area contributed by atoms with Gasteiger partial charge in [-0.05, 0) is 13.3 Å². The maximum Gasteiger partial charge on any atom is 0.331 e. The summed E-state index contributed by atoms with van der Waals surface area (Å²) in [6.45, 7) is 4.03. The van der Waals surface area contributed by atoms with E-state index in [1.165, 1.54) is 6.08 Å². The van der Waals surface area contributed by atoms with Crippen LogP contribution in [0.25, 0.3) is 0 Å². The molecule has 0 rings (SSSR count). The molecule has 0 heterocycles. The number of hydrogen-bond donors (Lipinski definition) is 0. The number of carbonyl (C=O) groups excluding carboxylic acids is 1. The second-order valence-electron chi connectivity index (χ2n) is 1.90. The first kappa shape index (κ1) is 9.50. The van der Waals surface area contributed by atoms with Gasteiger partial charge in [0.2, 0.25) is 0 Å². The molecule has 2 nitrogen and oxygen atoms in total. The first-order valence-corrected chi connectivity index (χ1v) is 3.55. The van der Waals surface area contributed by atoms with Crippen LogP contribution in [0.3, 0.4) is 0 Å². The van der Waals surface area contributed by atoms with Gasteiger partial charge in [0.1, 0.15) is 0 Å². The summed E-state index contributed by atoms with van der Waals surface area (Å²) in [5.74, 6) is -0.366. The van der Waals surface area contributed by atoms with Gasteiger partial charge in [-0.3, -0.25) is 0 Å². The molecule has 0 unspecified atom stereocenters. The maximum absolute atomic E-state index is 10.6. The van der Waals surface area contributed by atoms with Crippen molar-refractivity contribution in [3.05, 3.63) is 11.1 Å². The van der Waals surface area contributed by atoms with Crippen LogP contribution in [0.15, 0.2) is 11.1 Å². The van der Waals surface area contributed by atoms with E-state index in [1.54, 1.807) is 6.92 Å². The minimum atomic E-state index is -0.366. The molecule has 0 aliphatic heterocycles. The molecule has 0 aromatic rings. The van der Waals surface area contributed by atoms with Crippen molar-refractivity contribution in [2.75, 3.05) is 6.61 Å². The lowest BCUT2D eigenvalue weighted by molar-refractivity contribution is -0.137. The Balaban J connectivity index is 3.54. The zero-order chi connectivity index (χ0) is 7.98. The topological polar surface area (TPSA) is 26.3 Å². The molecule has 3 heteroatoms. The molecule has 0 aliphatic rings. The lowest BCUT2D eigenvalue weighted by Gasteiger charge is -1.96. The molecule has 0 aliphatic carbocycles. The number of hydrogen-bond acceptors (Lipinski definition) is 2. The van der Waals surface area contributed by atoms with Gasteiger partial charge < -0.3 is 4.74 Å². The summed E-state index contributed by atoms with van der Waals surface area (Å²) in [6.07, 6.45) is 2.10. The van der Waals surface area contributed by atoms with Crippen molar-refractivity contribution in [1.29, 1.82) is 0 Å². The van der Waals surface area contributed by atoms with Crippen LogP contribution in [-0.4, -0.2) is 12.6 Å². The van der Waals surface area contributed by atoms with Gasteiger partial charge in [0.15, 0.2) is 0 Å². The number of ether oxygens (including phenoxy) is 1. The minimum Gasteiger partial charge on any atom is -0.463 e. The van der Waals surface area contributed by atoms with Gasteiger partial charge in [0, 0.05) is 11.1 Å². The van der Waals surface area contributed by atoms with Crippen LogP contribution < -0.4 is 0 Å². The average molecular weight is 163 g/mol. The van der Waals surface area contributed by atoms with E-state index in [9.17, 15) is 4.79 Å². The molecule has 0 fully saturated rings. The highest BCUT2D eigenvalue weighted by atomic mass is 35.5. The van der Waals surface area contributed by atoms with Crippen LogP contribution in [0.1, 0.15) is 20.3 Å². The third-order valence-electron chi connectivity index (χ3n) is 0.765. The van der Waals surface area contributed by atoms with Crippen molar-refractivity contribution in [1.82, 2.24) is 0 Å². The summed E-state index contributed by atoms with van der Waals surface area (Å²) in [7, 11) is 0. The van der Waals surface area contributed by atoms with E-state index in [0.717, 1.165) is 6.42 Å². The molecule has 0 bridgehead atoms. The highest BCUT2D eigenvalue weighted by Gasteiger charge is 1.95. The summed E-state index contributed by atoms with van der Waals surface area (Å²) in [6, 6.07) is 0. The summed E-state index contributed by atoms with van der Waals surface area (Å²) >= 11 is 5.41. The molecule has 0 aromatic heterocycles. The van der Waals surface area contributed by atoms with E-state index in [1.807, 2.05) is 6.92 Å². The van der Waals surface area contributed by atoms with E-state index in [0.29, 0.717) is 11.6 Å². The van der Waals surface area contributed by atoms with Crippen LogP contribution >= 0.6 is 11.6 Å². The molecule has 58 valence electrons. The largest absolute Gasteiger partial charge is 0.463 e. The Hall–Kier alpha value is -0.500. The average Bonchev–Trinajstić information content (AvgIpc) is 1.82. The van der Waals surface area contributed by atoms with Crippen LogP contribution in [-0.2, 0) is 9.53 Å². The lowest BCUT2D eigenvalue weighted by Crippen LogP contribution is -2.01. The molecular weight excluding hydrogens is 152 g/mol. The van der Waals surface area contributed by atoms with Gasteiger partial charge in [-0.1, -0.05) is 18.5 Å². The van der Waals surface area contributed by atoms with Crippen LogP contribution in [0.5, 0.6) is 0 Å². The molecule has 0 N–H and O–H groups in total. The second-order valence-corrected chi connectivity index (χ2v) is 2.49. The molecule has 0 saturated carbocycles. The SMILES string of the molecule is CCCOC(=O)/C=C(/C)Cl. The lowest BCUT2D eigenvalue weighted by atomic mass is 10.5. The quantitative estimate of drug-likeness (QED) is 0.469. The molecule has 0 saturated heterocycles. The Kier molecular flexibility index (Phi) is 5.03. The minimum absolute atomic E-state index is 0.366. The van der Waals surface area contributed by atoms with Gasteiger partial charge in [-0.25, -0.2) is 4.79 Å². The summed E-state index contributed by atoms with van der Waals surface area (Å²) < 4.78 is 4.70. The summed E-state index contributed by atoms with van der Waals surface area (Å²) in [5, 5.41) is 0.445. The molecule has 0 aromatic carbocycles. The van der Waals surface area contributed by atoms with Crippen molar-refractivity contribution in [2.45, 2.75) is 20.3 Å². The fraction of sp³-hybridized carbons (Fsp3) is 0.571. The molecule has 10 heavy (non-hydrogen) atoms. The number of esters is 1. The predicted octanol–water partition coefficient (Wildman–Crippen LogP) is 2.08. The van der Waals surface area contributed by atoms with Crippen LogP contribution in [0, 0.1) is 0 Å². The van der Waals surface area contributed by atoms with Crippen molar-refractivity contribution in [3.63, 3.8) is 0 Å². The predicted molar refractivity (Wildman–Crippen MR) is 40.9 cm³/mol. The molecule has 0 amide bonds.